The van der Waals surface area contributed by atoms with E-state index in [0.29, 0.717) is 0 Å². The second-order valence-corrected chi connectivity index (χ2v) is 8.13. The molecule has 0 radical (unpaired) electrons. The minimum Gasteiger partial charge on any atom is -0.410 e. The van der Waals surface area contributed by atoms with E-state index in [4.69, 9.17) is 4.43 Å². The standard InChI is InChI=1S/C12H25N3OSi/c1-8-15-9(2)13-11(14-15)10(12(3,4)5)16-17(6)7/h10,17H,8H2,1-7H3. The van der Waals surface area contributed by atoms with Gasteiger partial charge in [0.2, 0.25) is 0 Å². The molecule has 1 aromatic rings. The van der Waals surface area contributed by atoms with Gasteiger partial charge in [0.15, 0.2) is 14.9 Å². The number of rotatable bonds is 4. The van der Waals surface area contributed by atoms with Crippen molar-refractivity contribution in [2.75, 3.05) is 0 Å². The summed E-state index contributed by atoms with van der Waals surface area (Å²) in [7, 11) is -1.10. The summed E-state index contributed by atoms with van der Waals surface area (Å²) in [6.07, 6.45) is 0.000617. The molecular formula is C12H25N3OSi. The Hall–Kier alpha value is -0.683. The molecule has 5 heteroatoms. The molecule has 0 aliphatic heterocycles. The van der Waals surface area contributed by atoms with Gasteiger partial charge in [0.1, 0.15) is 11.9 Å². The molecule has 0 saturated carbocycles. The molecule has 0 saturated heterocycles. The Labute approximate surface area is 106 Å². The predicted molar refractivity (Wildman–Crippen MR) is 72.6 cm³/mol. The summed E-state index contributed by atoms with van der Waals surface area (Å²) < 4.78 is 8.04. The molecule has 17 heavy (non-hydrogen) atoms. The van der Waals surface area contributed by atoms with Crippen molar-refractivity contribution >= 4 is 9.04 Å². The topological polar surface area (TPSA) is 39.9 Å². The summed E-state index contributed by atoms with van der Waals surface area (Å²) in [5, 5.41) is 4.55. The van der Waals surface area contributed by atoms with Crippen molar-refractivity contribution in [2.24, 2.45) is 5.41 Å². The Balaban J connectivity index is 3.04. The molecule has 0 aliphatic carbocycles. The van der Waals surface area contributed by atoms with Crippen LogP contribution in [-0.2, 0) is 11.0 Å². The molecule has 0 bridgehead atoms. The highest BCUT2D eigenvalue weighted by Gasteiger charge is 2.31. The summed E-state index contributed by atoms with van der Waals surface area (Å²) in [5.74, 6) is 1.80. The lowest BCUT2D eigenvalue weighted by Gasteiger charge is -2.30. The third kappa shape index (κ3) is 3.64. The van der Waals surface area contributed by atoms with E-state index in [9.17, 15) is 0 Å². The highest BCUT2D eigenvalue weighted by Crippen LogP contribution is 2.34. The maximum Gasteiger partial charge on any atom is 0.178 e. The van der Waals surface area contributed by atoms with Gasteiger partial charge < -0.3 is 4.43 Å². The highest BCUT2D eigenvalue weighted by atomic mass is 28.3. The van der Waals surface area contributed by atoms with E-state index in [0.717, 1.165) is 18.2 Å². The Kier molecular flexibility index (Phi) is 4.49. The van der Waals surface area contributed by atoms with Gasteiger partial charge in [0.05, 0.1) is 0 Å². The van der Waals surface area contributed by atoms with Crippen LogP contribution in [0.3, 0.4) is 0 Å². The molecule has 1 aromatic heterocycles. The Morgan fingerprint density at radius 3 is 2.29 bits per heavy atom. The fourth-order valence-corrected chi connectivity index (χ4v) is 2.85. The van der Waals surface area contributed by atoms with Gasteiger partial charge in [0, 0.05) is 6.54 Å². The fourth-order valence-electron chi connectivity index (χ4n) is 1.78. The predicted octanol–water partition coefficient (Wildman–Crippen LogP) is 2.69. The van der Waals surface area contributed by atoms with Crippen LogP contribution in [0.5, 0.6) is 0 Å². The summed E-state index contributed by atoms with van der Waals surface area (Å²) in [4.78, 5) is 4.55. The molecule has 0 aromatic carbocycles. The smallest absolute Gasteiger partial charge is 0.178 e. The zero-order valence-corrected chi connectivity index (χ0v) is 13.3. The van der Waals surface area contributed by atoms with Crippen molar-refractivity contribution in [1.82, 2.24) is 14.8 Å². The number of hydrogen-bond acceptors (Lipinski definition) is 3. The van der Waals surface area contributed by atoms with Gasteiger partial charge in [0.25, 0.3) is 0 Å². The summed E-state index contributed by atoms with van der Waals surface area (Å²) in [6.45, 7) is 15.8. The molecule has 0 N–H and O–H groups in total. The lowest BCUT2D eigenvalue weighted by atomic mass is 9.89. The van der Waals surface area contributed by atoms with Crippen LogP contribution in [0.1, 0.15) is 45.4 Å². The number of hydrogen-bond donors (Lipinski definition) is 0. The zero-order valence-electron chi connectivity index (χ0n) is 12.1. The van der Waals surface area contributed by atoms with Crippen LogP contribution in [0.25, 0.3) is 0 Å². The van der Waals surface area contributed by atoms with Crippen molar-refractivity contribution in [1.29, 1.82) is 0 Å². The normalized spacial score (nSPS) is 14.4. The number of aromatic nitrogens is 3. The first kappa shape index (κ1) is 14.4. The Morgan fingerprint density at radius 2 is 1.94 bits per heavy atom. The lowest BCUT2D eigenvalue weighted by Crippen LogP contribution is -2.27. The molecule has 1 rings (SSSR count). The molecule has 0 aliphatic rings. The van der Waals surface area contributed by atoms with Crippen LogP contribution < -0.4 is 0 Å². The molecule has 1 unspecified atom stereocenters. The van der Waals surface area contributed by atoms with Crippen molar-refractivity contribution in [3.63, 3.8) is 0 Å². The van der Waals surface area contributed by atoms with Crippen molar-refractivity contribution < 1.29 is 4.43 Å². The molecule has 1 heterocycles. The van der Waals surface area contributed by atoms with E-state index in [1.807, 2.05) is 11.6 Å². The molecule has 0 spiro atoms. The first-order chi connectivity index (χ1) is 7.75. The van der Waals surface area contributed by atoms with E-state index >= 15 is 0 Å². The van der Waals surface area contributed by atoms with Crippen LogP contribution in [0.2, 0.25) is 13.1 Å². The molecule has 0 amide bonds. The van der Waals surface area contributed by atoms with Gasteiger partial charge in [-0.3, -0.25) is 4.68 Å². The largest absolute Gasteiger partial charge is 0.410 e. The summed E-state index contributed by atoms with van der Waals surface area (Å²) in [6, 6.07) is 0. The zero-order chi connectivity index (χ0) is 13.2. The average molecular weight is 255 g/mol. The van der Waals surface area contributed by atoms with Crippen molar-refractivity contribution in [3.05, 3.63) is 11.6 Å². The van der Waals surface area contributed by atoms with E-state index in [1.54, 1.807) is 0 Å². The quantitative estimate of drug-likeness (QED) is 0.777. The molecule has 98 valence electrons. The van der Waals surface area contributed by atoms with Gasteiger partial charge in [-0.15, -0.1) is 0 Å². The van der Waals surface area contributed by atoms with Gasteiger partial charge >= 0.3 is 0 Å². The average Bonchev–Trinajstić information content (AvgIpc) is 2.53. The van der Waals surface area contributed by atoms with Crippen molar-refractivity contribution in [2.45, 2.75) is 60.4 Å². The van der Waals surface area contributed by atoms with Crippen LogP contribution in [0, 0.1) is 12.3 Å². The minimum atomic E-state index is -1.10. The fraction of sp³-hybridized carbons (Fsp3) is 0.833. The van der Waals surface area contributed by atoms with Gasteiger partial charge in [-0.1, -0.05) is 20.8 Å². The minimum absolute atomic E-state index is 0.000617. The van der Waals surface area contributed by atoms with Crippen molar-refractivity contribution in [3.8, 4) is 0 Å². The van der Waals surface area contributed by atoms with Gasteiger partial charge in [-0.05, 0) is 32.4 Å². The summed E-state index contributed by atoms with van der Waals surface area (Å²) in [5.41, 5.74) is 0.0314. The Morgan fingerprint density at radius 1 is 1.35 bits per heavy atom. The molecule has 1 atom stereocenters. The van der Waals surface area contributed by atoms with Crippen LogP contribution in [0.15, 0.2) is 0 Å². The molecular weight excluding hydrogens is 230 g/mol. The third-order valence-corrected chi connectivity index (χ3v) is 3.42. The third-order valence-electron chi connectivity index (χ3n) is 2.60. The lowest BCUT2D eigenvalue weighted by molar-refractivity contribution is 0.0783. The molecule has 0 fully saturated rings. The van der Waals surface area contributed by atoms with Gasteiger partial charge in [-0.2, -0.15) is 5.10 Å². The second-order valence-electron chi connectivity index (χ2n) is 5.76. The van der Waals surface area contributed by atoms with Crippen LogP contribution in [0.4, 0.5) is 0 Å². The monoisotopic (exact) mass is 255 g/mol. The van der Waals surface area contributed by atoms with E-state index in [-0.39, 0.29) is 11.5 Å². The van der Waals surface area contributed by atoms with Crippen LogP contribution >= 0.6 is 0 Å². The second kappa shape index (κ2) is 5.31. The maximum atomic E-state index is 6.11. The van der Waals surface area contributed by atoms with E-state index < -0.39 is 9.04 Å². The van der Waals surface area contributed by atoms with E-state index in [2.05, 4.69) is 50.9 Å². The Bertz CT molecular complexity index is 368. The SMILES string of the molecule is CCn1nc(C(O[SiH](C)C)C(C)(C)C)nc1C. The molecule has 4 nitrogen and oxygen atoms in total. The number of nitrogens with zero attached hydrogens (tertiary/aromatic N) is 3. The summed E-state index contributed by atoms with van der Waals surface area (Å²) >= 11 is 0. The number of aryl methyl sites for hydroxylation is 2. The first-order valence-electron chi connectivity index (χ1n) is 6.32. The highest BCUT2D eigenvalue weighted by molar-refractivity contribution is 6.48. The first-order valence-corrected chi connectivity index (χ1v) is 9.10. The van der Waals surface area contributed by atoms with Crippen LogP contribution in [-0.4, -0.2) is 23.8 Å². The van der Waals surface area contributed by atoms with Gasteiger partial charge in [-0.25, -0.2) is 4.98 Å². The maximum absolute atomic E-state index is 6.11. The van der Waals surface area contributed by atoms with E-state index in [1.165, 1.54) is 0 Å².